The van der Waals surface area contributed by atoms with Crippen molar-refractivity contribution in [2.75, 3.05) is 19.8 Å². The molecule has 1 aromatic rings. The Morgan fingerprint density at radius 2 is 2.04 bits per heavy atom. The van der Waals surface area contributed by atoms with Crippen molar-refractivity contribution >= 4 is 6.03 Å². The minimum Gasteiger partial charge on any atom is -0.394 e. The first-order chi connectivity index (χ1) is 12.7. The van der Waals surface area contributed by atoms with Crippen molar-refractivity contribution in [3.8, 4) is 0 Å². The number of hydrogen-bond donors (Lipinski definition) is 4. The smallest absolute Gasteiger partial charge is 0.318 e. The van der Waals surface area contributed by atoms with Gasteiger partial charge in [-0.05, 0) is 31.2 Å². The molecular formula is C19H28N4O3. The molecule has 7 nitrogen and oxygen atoms in total. The number of fused-ring (bicyclic) bond motifs is 2. The van der Waals surface area contributed by atoms with Crippen LogP contribution < -0.4 is 16.2 Å². The molecule has 1 aromatic carbocycles. The van der Waals surface area contributed by atoms with E-state index in [0.29, 0.717) is 24.5 Å². The van der Waals surface area contributed by atoms with Crippen LogP contribution in [0.2, 0.25) is 0 Å². The van der Waals surface area contributed by atoms with Crippen LogP contribution in [0, 0.1) is 11.8 Å². The zero-order valence-corrected chi connectivity index (χ0v) is 15.1. The molecule has 2 saturated heterocycles. The van der Waals surface area contributed by atoms with Crippen molar-refractivity contribution in [1.29, 1.82) is 0 Å². The summed E-state index contributed by atoms with van der Waals surface area (Å²) >= 11 is 0. The number of urea groups is 1. The van der Waals surface area contributed by atoms with Gasteiger partial charge in [-0.1, -0.05) is 30.3 Å². The van der Waals surface area contributed by atoms with Crippen LogP contribution in [0.25, 0.3) is 0 Å². The SMILES string of the molecule is C[C@H](c1ccccc1)N1CC2CC3C(CC2NC1=O)NNC3OCCO. The molecule has 3 fully saturated rings. The lowest BCUT2D eigenvalue weighted by Crippen LogP contribution is -2.61. The van der Waals surface area contributed by atoms with Gasteiger partial charge in [0.2, 0.25) is 0 Å². The third-order valence-electron chi connectivity index (χ3n) is 6.11. The van der Waals surface area contributed by atoms with Gasteiger partial charge >= 0.3 is 6.03 Å². The van der Waals surface area contributed by atoms with Gasteiger partial charge in [0.15, 0.2) is 0 Å². The number of ether oxygens (including phenoxy) is 1. The quantitative estimate of drug-likeness (QED) is 0.629. The number of carbonyl (C=O) groups is 1. The van der Waals surface area contributed by atoms with E-state index in [2.05, 4.69) is 35.2 Å². The maximum Gasteiger partial charge on any atom is 0.318 e. The molecule has 0 spiro atoms. The van der Waals surface area contributed by atoms with Crippen LogP contribution in [0.4, 0.5) is 4.79 Å². The normalized spacial score (nSPS) is 34.8. The van der Waals surface area contributed by atoms with E-state index in [1.165, 1.54) is 0 Å². The molecule has 7 heteroatoms. The fourth-order valence-electron chi connectivity index (χ4n) is 4.66. The molecule has 2 aliphatic heterocycles. The number of aliphatic hydroxyl groups excluding tert-OH is 1. The van der Waals surface area contributed by atoms with Gasteiger partial charge in [-0.15, -0.1) is 0 Å². The average Bonchev–Trinajstić information content (AvgIpc) is 3.06. The number of amides is 2. The summed E-state index contributed by atoms with van der Waals surface area (Å²) in [7, 11) is 0. The topological polar surface area (TPSA) is 85.9 Å². The molecule has 6 atom stereocenters. The summed E-state index contributed by atoms with van der Waals surface area (Å²) in [5.41, 5.74) is 7.66. The van der Waals surface area contributed by atoms with Gasteiger partial charge in [-0.3, -0.25) is 5.43 Å². The van der Waals surface area contributed by atoms with Crippen LogP contribution in [0.5, 0.6) is 0 Å². The van der Waals surface area contributed by atoms with E-state index in [-0.39, 0.29) is 30.9 Å². The highest BCUT2D eigenvalue weighted by Crippen LogP contribution is 2.38. The molecule has 1 aliphatic carbocycles. The number of benzene rings is 1. The van der Waals surface area contributed by atoms with Crippen LogP contribution in [0.15, 0.2) is 30.3 Å². The number of hydrogen-bond acceptors (Lipinski definition) is 5. The molecule has 4 rings (SSSR count). The van der Waals surface area contributed by atoms with Crippen LogP contribution in [-0.2, 0) is 4.74 Å². The molecule has 3 aliphatic rings. The first-order valence-corrected chi connectivity index (χ1v) is 9.53. The fraction of sp³-hybridized carbons (Fsp3) is 0.632. The van der Waals surface area contributed by atoms with Crippen LogP contribution >= 0.6 is 0 Å². The van der Waals surface area contributed by atoms with Crippen molar-refractivity contribution < 1.29 is 14.6 Å². The highest BCUT2D eigenvalue weighted by Gasteiger charge is 2.48. The van der Waals surface area contributed by atoms with E-state index in [1.54, 1.807) is 0 Å². The van der Waals surface area contributed by atoms with E-state index >= 15 is 0 Å². The number of rotatable bonds is 5. The summed E-state index contributed by atoms with van der Waals surface area (Å²) in [5.74, 6) is 0.758. The second-order valence-electron chi connectivity index (χ2n) is 7.60. The van der Waals surface area contributed by atoms with E-state index < -0.39 is 0 Å². The van der Waals surface area contributed by atoms with Crippen molar-refractivity contribution in [2.24, 2.45) is 11.8 Å². The molecule has 4 N–H and O–H groups in total. The number of hydrazine groups is 1. The first-order valence-electron chi connectivity index (χ1n) is 9.53. The summed E-state index contributed by atoms with van der Waals surface area (Å²) in [6.45, 7) is 3.22. The van der Waals surface area contributed by atoms with Crippen LogP contribution in [0.1, 0.15) is 31.4 Å². The molecular weight excluding hydrogens is 332 g/mol. The highest BCUT2D eigenvalue weighted by atomic mass is 16.5. The van der Waals surface area contributed by atoms with E-state index in [9.17, 15) is 4.79 Å². The maximum absolute atomic E-state index is 12.7. The molecule has 142 valence electrons. The molecule has 0 radical (unpaired) electrons. The zero-order chi connectivity index (χ0) is 18.1. The van der Waals surface area contributed by atoms with Gasteiger partial charge in [0.1, 0.15) is 6.23 Å². The second-order valence-corrected chi connectivity index (χ2v) is 7.60. The van der Waals surface area contributed by atoms with E-state index in [1.807, 2.05) is 23.1 Å². The minimum atomic E-state index is -0.0780. The Balaban J connectivity index is 1.45. The summed E-state index contributed by atoms with van der Waals surface area (Å²) in [4.78, 5) is 14.6. The van der Waals surface area contributed by atoms with Gasteiger partial charge in [0.25, 0.3) is 0 Å². The standard InChI is InChI=1S/C19H28N4O3/c1-12(13-5-3-2-4-6-13)23-11-14-9-15-17(10-16(14)20-19(23)25)21-22-18(15)26-8-7-24/h2-6,12,14-18,21-22,24H,7-11H2,1H3,(H,20,25)/t12-,14?,15?,16?,17?,18?/m1/s1. The molecule has 0 bridgehead atoms. The van der Waals surface area contributed by atoms with Crippen molar-refractivity contribution in [3.63, 3.8) is 0 Å². The van der Waals surface area contributed by atoms with Gasteiger partial charge in [0, 0.05) is 24.5 Å². The summed E-state index contributed by atoms with van der Waals surface area (Å²) in [6.07, 6.45) is 1.82. The number of carbonyl (C=O) groups excluding carboxylic acids is 1. The Bertz CT molecular complexity index is 628. The van der Waals surface area contributed by atoms with E-state index in [4.69, 9.17) is 9.84 Å². The molecule has 2 heterocycles. The molecule has 26 heavy (non-hydrogen) atoms. The fourth-order valence-corrected chi connectivity index (χ4v) is 4.66. The van der Waals surface area contributed by atoms with Crippen molar-refractivity contribution in [2.45, 2.75) is 44.1 Å². The van der Waals surface area contributed by atoms with E-state index in [0.717, 1.165) is 24.9 Å². The number of nitrogens with zero attached hydrogens (tertiary/aromatic N) is 1. The highest BCUT2D eigenvalue weighted by molar-refractivity contribution is 5.76. The third kappa shape index (κ3) is 3.32. The van der Waals surface area contributed by atoms with Crippen molar-refractivity contribution in [3.05, 3.63) is 35.9 Å². The Morgan fingerprint density at radius 1 is 1.23 bits per heavy atom. The van der Waals surface area contributed by atoms with Gasteiger partial charge < -0.3 is 20.1 Å². The monoisotopic (exact) mass is 360 g/mol. The summed E-state index contributed by atoms with van der Waals surface area (Å²) in [6, 6.07) is 10.7. The minimum absolute atomic E-state index is 0.0278. The molecule has 1 saturated carbocycles. The molecule has 0 aromatic heterocycles. The number of nitrogens with one attached hydrogen (secondary N) is 3. The Kier molecular flexibility index (Phi) is 5.13. The maximum atomic E-state index is 12.7. The van der Waals surface area contributed by atoms with Crippen LogP contribution in [0.3, 0.4) is 0 Å². The predicted octanol–water partition coefficient (Wildman–Crippen LogP) is 0.979. The lowest BCUT2D eigenvalue weighted by Gasteiger charge is -2.47. The Labute approximate surface area is 154 Å². The lowest BCUT2D eigenvalue weighted by molar-refractivity contribution is -0.0247. The third-order valence-corrected chi connectivity index (χ3v) is 6.11. The van der Waals surface area contributed by atoms with Crippen LogP contribution in [-0.4, -0.2) is 54.1 Å². The molecule has 2 amide bonds. The number of aliphatic hydroxyl groups is 1. The van der Waals surface area contributed by atoms with Gasteiger partial charge in [0.05, 0.1) is 19.3 Å². The second kappa shape index (κ2) is 7.52. The zero-order valence-electron chi connectivity index (χ0n) is 15.1. The average molecular weight is 360 g/mol. The van der Waals surface area contributed by atoms with Crippen molar-refractivity contribution in [1.82, 2.24) is 21.1 Å². The molecule has 5 unspecified atom stereocenters. The largest absolute Gasteiger partial charge is 0.394 e. The van der Waals surface area contributed by atoms with Gasteiger partial charge in [-0.25, -0.2) is 10.2 Å². The Hall–Kier alpha value is -1.67. The van der Waals surface area contributed by atoms with Gasteiger partial charge in [-0.2, -0.15) is 0 Å². The predicted molar refractivity (Wildman–Crippen MR) is 97.0 cm³/mol. The first kappa shape index (κ1) is 17.7. The Morgan fingerprint density at radius 3 is 2.81 bits per heavy atom. The summed E-state index contributed by atoms with van der Waals surface area (Å²) < 4.78 is 5.74. The summed E-state index contributed by atoms with van der Waals surface area (Å²) in [5, 5.41) is 12.2. The lowest BCUT2D eigenvalue weighted by atomic mass is 9.74.